The smallest absolute Gasteiger partial charge is 0.412 e. The number of carboxylic acid groups (broad SMARTS) is 1. The van der Waals surface area contributed by atoms with Gasteiger partial charge in [-0.15, -0.1) is 0 Å². The van der Waals surface area contributed by atoms with E-state index in [-0.39, 0.29) is 25.9 Å². The third-order valence-electron chi connectivity index (χ3n) is 4.51. The van der Waals surface area contributed by atoms with Crippen LogP contribution < -0.4 is 0 Å². The summed E-state index contributed by atoms with van der Waals surface area (Å²) in [5, 5.41) is 13.8. The average molecular weight is 373 g/mol. The first-order valence-electron chi connectivity index (χ1n) is 8.80. The molecule has 0 spiro atoms. The molecule has 144 valence electrons. The van der Waals surface area contributed by atoms with Gasteiger partial charge in [-0.3, -0.25) is 9.58 Å². The quantitative estimate of drug-likeness (QED) is 0.837. The number of carbonyl (C=O) groups excluding carboxylic acids is 1. The second kappa shape index (κ2) is 8.22. The van der Waals surface area contributed by atoms with Crippen molar-refractivity contribution in [2.75, 3.05) is 13.3 Å². The van der Waals surface area contributed by atoms with Gasteiger partial charge in [0.25, 0.3) is 0 Å². The molecule has 8 nitrogen and oxygen atoms in total. The van der Waals surface area contributed by atoms with Crippen LogP contribution >= 0.6 is 0 Å². The first kappa shape index (κ1) is 18.9. The van der Waals surface area contributed by atoms with Crippen LogP contribution in [-0.2, 0) is 20.9 Å². The molecule has 1 aromatic carbocycles. The molecule has 1 aromatic heterocycles. The molecule has 0 unspecified atom stereocenters. The van der Waals surface area contributed by atoms with Gasteiger partial charge in [-0.2, -0.15) is 5.10 Å². The fourth-order valence-electron chi connectivity index (χ4n) is 3.16. The van der Waals surface area contributed by atoms with E-state index in [1.807, 2.05) is 44.2 Å². The Bertz CT molecular complexity index is 790. The Morgan fingerprint density at radius 3 is 2.70 bits per heavy atom. The Balaban J connectivity index is 1.76. The van der Waals surface area contributed by atoms with E-state index in [0.29, 0.717) is 5.69 Å². The predicted molar refractivity (Wildman–Crippen MR) is 95.8 cm³/mol. The number of carboxylic acids is 1. The molecule has 27 heavy (non-hydrogen) atoms. The largest absolute Gasteiger partial charge is 0.480 e. The van der Waals surface area contributed by atoms with Crippen LogP contribution in [0.5, 0.6) is 0 Å². The van der Waals surface area contributed by atoms with E-state index >= 15 is 0 Å². The molecular weight excluding hydrogens is 350 g/mol. The summed E-state index contributed by atoms with van der Waals surface area (Å²) in [4.78, 5) is 25.7. The molecule has 0 radical (unpaired) electrons. The Hall–Kier alpha value is -2.87. The number of nitrogens with zero attached hydrogens (tertiary/aromatic N) is 3. The predicted octanol–water partition coefficient (Wildman–Crippen LogP) is 2.83. The molecule has 0 aliphatic carbocycles. The van der Waals surface area contributed by atoms with Gasteiger partial charge in [-0.25, -0.2) is 9.59 Å². The summed E-state index contributed by atoms with van der Waals surface area (Å²) >= 11 is 0. The third kappa shape index (κ3) is 4.11. The van der Waals surface area contributed by atoms with Gasteiger partial charge in [0.15, 0.2) is 6.04 Å². The third-order valence-corrected chi connectivity index (χ3v) is 4.51. The molecule has 2 atom stereocenters. The van der Waals surface area contributed by atoms with Crippen molar-refractivity contribution < 1.29 is 24.2 Å². The Morgan fingerprint density at radius 2 is 2.04 bits per heavy atom. The molecule has 1 amide bonds. The molecule has 3 rings (SSSR count). The van der Waals surface area contributed by atoms with Crippen molar-refractivity contribution in [3.05, 3.63) is 53.9 Å². The number of aromatic nitrogens is 2. The van der Waals surface area contributed by atoms with Crippen LogP contribution in [-0.4, -0.2) is 45.2 Å². The lowest BCUT2D eigenvalue weighted by Gasteiger charge is -2.26. The van der Waals surface area contributed by atoms with Gasteiger partial charge in [-0.05, 0) is 17.5 Å². The molecule has 0 bridgehead atoms. The van der Waals surface area contributed by atoms with Gasteiger partial charge < -0.3 is 14.6 Å². The number of benzene rings is 1. The molecule has 0 saturated carbocycles. The lowest BCUT2D eigenvalue weighted by molar-refractivity contribution is -0.142. The fraction of sp³-hybridized carbons (Fsp3) is 0.421. The first-order valence-corrected chi connectivity index (χ1v) is 8.80. The molecule has 2 aromatic rings. The van der Waals surface area contributed by atoms with Crippen LogP contribution in [0.3, 0.4) is 0 Å². The Morgan fingerprint density at radius 1 is 1.30 bits per heavy atom. The van der Waals surface area contributed by atoms with Gasteiger partial charge in [0.2, 0.25) is 0 Å². The summed E-state index contributed by atoms with van der Waals surface area (Å²) in [6.07, 6.45) is 1.03. The second-order valence-corrected chi connectivity index (χ2v) is 6.75. The summed E-state index contributed by atoms with van der Waals surface area (Å²) in [7, 11) is 0. The SMILES string of the molecule is CC(C)[C@@H](C(=O)O)n1nccc1[C@@H]1COCN1C(=O)OCc1ccccc1. The van der Waals surface area contributed by atoms with Crippen LogP contribution in [0.1, 0.15) is 37.2 Å². The molecular formula is C19H23N3O5. The number of rotatable bonds is 6. The van der Waals surface area contributed by atoms with Crippen LogP contribution in [0.25, 0.3) is 0 Å². The van der Waals surface area contributed by atoms with E-state index < -0.39 is 24.1 Å². The lowest BCUT2D eigenvalue weighted by atomic mass is 10.0. The molecule has 8 heteroatoms. The van der Waals surface area contributed by atoms with Crippen molar-refractivity contribution in [3.8, 4) is 0 Å². The molecule has 1 aliphatic rings. The number of amides is 1. The number of carbonyl (C=O) groups is 2. The highest BCUT2D eigenvalue weighted by Gasteiger charge is 2.37. The highest BCUT2D eigenvalue weighted by Crippen LogP contribution is 2.30. The number of hydrogen-bond donors (Lipinski definition) is 1. The van der Waals surface area contributed by atoms with Crippen molar-refractivity contribution in [2.45, 2.75) is 32.5 Å². The standard InChI is InChI=1S/C19H23N3O5/c1-13(2)17(18(23)24)22-15(8-9-20-22)16-11-26-12-21(16)19(25)27-10-14-6-4-3-5-7-14/h3-9,13,16-17H,10-12H2,1-2H3,(H,23,24)/t16-,17-/m0/s1. The van der Waals surface area contributed by atoms with E-state index in [1.54, 1.807) is 12.3 Å². The van der Waals surface area contributed by atoms with Crippen LogP contribution in [0, 0.1) is 5.92 Å². The summed E-state index contributed by atoms with van der Waals surface area (Å²) in [5.41, 5.74) is 1.50. The van der Waals surface area contributed by atoms with Crippen LogP contribution in [0.4, 0.5) is 4.79 Å². The lowest BCUT2D eigenvalue weighted by Crippen LogP contribution is -2.35. The summed E-state index contributed by atoms with van der Waals surface area (Å²) in [6, 6.07) is 9.85. The van der Waals surface area contributed by atoms with Gasteiger partial charge in [-0.1, -0.05) is 44.2 Å². The Labute approximate surface area is 157 Å². The highest BCUT2D eigenvalue weighted by atomic mass is 16.6. The van der Waals surface area contributed by atoms with Gasteiger partial charge >= 0.3 is 12.1 Å². The van der Waals surface area contributed by atoms with Crippen molar-refractivity contribution in [3.63, 3.8) is 0 Å². The summed E-state index contributed by atoms with van der Waals surface area (Å²) in [5.74, 6) is -1.13. The fourth-order valence-corrected chi connectivity index (χ4v) is 3.16. The maximum absolute atomic E-state index is 12.6. The van der Waals surface area contributed by atoms with Crippen molar-refractivity contribution >= 4 is 12.1 Å². The summed E-state index contributed by atoms with van der Waals surface area (Å²) in [6.45, 7) is 4.15. The maximum atomic E-state index is 12.6. The van der Waals surface area contributed by atoms with Crippen LogP contribution in [0.2, 0.25) is 0 Å². The minimum atomic E-state index is -0.966. The van der Waals surface area contributed by atoms with E-state index in [9.17, 15) is 14.7 Å². The minimum absolute atomic E-state index is 0.0862. The molecule has 1 N–H and O–H groups in total. The monoisotopic (exact) mass is 373 g/mol. The molecule has 2 heterocycles. The average Bonchev–Trinajstić information content (AvgIpc) is 3.29. The van der Waals surface area contributed by atoms with Gasteiger partial charge in [0.05, 0.1) is 12.3 Å². The number of ether oxygens (including phenoxy) is 2. The number of hydrogen-bond acceptors (Lipinski definition) is 5. The zero-order valence-corrected chi connectivity index (χ0v) is 15.3. The normalized spacial score (nSPS) is 17.9. The van der Waals surface area contributed by atoms with Gasteiger partial charge in [0.1, 0.15) is 19.4 Å². The highest BCUT2D eigenvalue weighted by molar-refractivity contribution is 5.72. The van der Waals surface area contributed by atoms with Crippen molar-refractivity contribution in [2.24, 2.45) is 5.92 Å². The second-order valence-electron chi connectivity index (χ2n) is 6.75. The maximum Gasteiger partial charge on any atom is 0.412 e. The molecule has 1 saturated heterocycles. The molecule has 1 fully saturated rings. The topological polar surface area (TPSA) is 93.9 Å². The zero-order chi connectivity index (χ0) is 19.4. The molecule has 1 aliphatic heterocycles. The van der Waals surface area contributed by atoms with E-state index in [2.05, 4.69) is 5.10 Å². The van der Waals surface area contributed by atoms with Crippen LogP contribution in [0.15, 0.2) is 42.6 Å². The first-order chi connectivity index (χ1) is 13.0. The van der Waals surface area contributed by atoms with Gasteiger partial charge in [0, 0.05) is 6.20 Å². The zero-order valence-electron chi connectivity index (χ0n) is 15.3. The van der Waals surface area contributed by atoms with E-state index in [4.69, 9.17) is 9.47 Å². The number of aliphatic carboxylic acids is 1. The summed E-state index contributed by atoms with van der Waals surface area (Å²) < 4.78 is 12.3. The Kier molecular flexibility index (Phi) is 5.75. The van der Waals surface area contributed by atoms with E-state index in [1.165, 1.54) is 9.58 Å². The van der Waals surface area contributed by atoms with Crippen molar-refractivity contribution in [1.82, 2.24) is 14.7 Å². The van der Waals surface area contributed by atoms with E-state index in [0.717, 1.165) is 5.56 Å². The van der Waals surface area contributed by atoms with Crippen molar-refractivity contribution in [1.29, 1.82) is 0 Å². The minimum Gasteiger partial charge on any atom is -0.480 e.